The number of halogens is 1. The number of carbonyl (C=O) groups is 1. The molecule has 2 aliphatic rings. The van der Waals surface area contributed by atoms with Crippen LogP contribution in [0.1, 0.15) is 33.6 Å². The average Bonchev–Trinajstić information content (AvgIpc) is 2.35. The van der Waals surface area contributed by atoms with Gasteiger partial charge in [-0.25, -0.2) is 0 Å². The molecule has 3 heteroatoms. The number of hydrogen-bond donors (Lipinski definition) is 1. The minimum atomic E-state index is -1.45. The lowest BCUT2D eigenvalue weighted by atomic mass is 9.70. The molecule has 1 saturated carbocycles. The third-order valence-corrected chi connectivity index (χ3v) is 4.56. The Balaban J connectivity index is 2.58. The third-order valence-electron chi connectivity index (χ3n) is 4.56. The third kappa shape index (κ3) is 0.787. The van der Waals surface area contributed by atoms with E-state index in [0.717, 1.165) is 12.8 Å². The Morgan fingerprint density at radius 2 is 2.07 bits per heavy atom. The van der Waals surface area contributed by atoms with Crippen molar-refractivity contribution in [3.05, 3.63) is 11.3 Å². The number of aliphatic hydroxyl groups excluding tert-OH is 1. The van der Waals surface area contributed by atoms with Crippen LogP contribution in [0.4, 0.5) is 4.39 Å². The smallest absolute Gasteiger partial charge is 0.331 e. The largest absolute Gasteiger partial charge is 0.511 e. The Kier molecular flexibility index (Phi) is 1.65. The molecule has 2 unspecified atom stereocenters. The summed E-state index contributed by atoms with van der Waals surface area (Å²) in [4.78, 5) is 10.8. The molecule has 0 heterocycles. The van der Waals surface area contributed by atoms with E-state index < -0.39 is 11.5 Å². The fourth-order valence-electron chi connectivity index (χ4n) is 3.12. The molecule has 2 rings (SSSR count). The lowest BCUT2D eigenvalue weighted by molar-refractivity contribution is -0.126. The van der Waals surface area contributed by atoms with Gasteiger partial charge in [0.1, 0.15) is 5.76 Å². The maximum atomic E-state index is 12.8. The molecule has 0 spiro atoms. The maximum Gasteiger partial charge on any atom is 0.331 e. The van der Waals surface area contributed by atoms with E-state index in [1.807, 2.05) is 20.8 Å². The van der Waals surface area contributed by atoms with E-state index >= 15 is 0 Å². The average molecular weight is 198 g/mol. The monoisotopic (exact) mass is 198 g/mol. The van der Waals surface area contributed by atoms with Gasteiger partial charge in [0.25, 0.3) is 0 Å². The van der Waals surface area contributed by atoms with Crippen molar-refractivity contribution >= 4 is 6.04 Å². The van der Waals surface area contributed by atoms with Gasteiger partial charge < -0.3 is 5.11 Å². The molecule has 0 aromatic rings. The highest BCUT2D eigenvalue weighted by molar-refractivity contribution is 5.90. The van der Waals surface area contributed by atoms with Gasteiger partial charge in [0, 0.05) is 5.41 Å². The van der Waals surface area contributed by atoms with Gasteiger partial charge in [0.05, 0.1) is 5.57 Å². The molecule has 1 N–H and O–H groups in total. The zero-order chi connectivity index (χ0) is 10.7. The standard InChI is InChI=1S/C11H15FO2/c1-10(2)6-4-5-11(10,3)8(13)7(6)9(12)14/h6,13H,4-5H2,1-3H3. The van der Waals surface area contributed by atoms with Gasteiger partial charge in [-0.2, -0.15) is 4.39 Å². The Morgan fingerprint density at radius 3 is 2.36 bits per heavy atom. The van der Waals surface area contributed by atoms with Crippen molar-refractivity contribution in [2.45, 2.75) is 33.6 Å². The first-order valence-corrected chi connectivity index (χ1v) is 4.96. The summed E-state index contributed by atoms with van der Waals surface area (Å²) in [6, 6.07) is -1.45. The molecule has 0 saturated heterocycles. The molecule has 2 aliphatic carbocycles. The zero-order valence-electron chi connectivity index (χ0n) is 8.72. The summed E-state index contributed by atoms with van der Waals surface area (Å²) < 4.78 is 12.8. The Bertz CT molecular complexity index is 343. The van der Waals surface area contributed by atoms with Crippen molar-refractivity contribution < 1.29 is 14.3 Å². The number of fused-ring (bicyclic) bond motifs is 2. The molecule has 0 aromatic carbocycles. The number of hydrogen-bond acceptors (Lipinski definition) is 2. The minimum absolute atomic E-state index is 0.00810. The lowest BCUT2D eigenvalue weighted by Gasteiger charge is -2.34. The summed E-state index contributed by atoms with van der Waals surface area (Å²) in [5.74, 6) is -0.115. The normalized spacial score (nSPS) is 39.3. The minimum Gasteiger partial charge on any atom is -0.511 e. The van der Waals surface area contributed by atoms with Gasteiger partial charge in [-0.3, -0.25) is 4.79 Å². The number of aliphatic hydroxyl groups is 1. The van der Waals surface area contributed by atoms with Crippen LogP contribution in [0.2, 0.25) is 0 Å². The topological polar surface area (TPSA) is 37.3 Å². The van der Waals surface area contributed by atoms with E-state index in [-0.39, 0.29) is 22.7 Å². The second-order valence-corrected chi connectivity index (χ2v) is 5.18. The van der Waals surface area contributed by atoms with Crippen molar-refractivity contribution in [3.63, 3.8) is 0 Å². The first-order valence-electron chi connectivity index (χ1n) is 4.96. The number of allylic oxidation sites excluding steroid dienone is 2. The molecule has 2 bridgehead atoms. The van der Waals surface area contributed by atoms with Crippen molar-refractivity contribution in [1.29, 1.82) is 0 Å². The molecule has 0 aromatic heterocycles. The second-order valence-electron chi connectivity index (χ2n) is 5.18. The first-order chi connectivity index (χ1) is 6.32. The van der Waals surface area contributed by atoms with Gasteiger partial charge in [-0.15, -0.1) is 0 Å². The van der Waals surface area contributed by atoms with Gasteiger partial charge in [0.2, 0.25) is 0 Å². The van der Waals surface area contributed by atoms with Crippen molar-refractivity contribution in [2.75, 3.05) is 0 Å². The molecule has 0 amide bonds. The van der Waals surface area contributed by atoms with E-state index in [1.54, 1.807) is 0 Å². The predicted octanol–water partition coefficient (Wildman–Crippen LogP) is 2.75. The second kappa shape index (κ2) is 2.38. The Hall–Kier alpha value is -0.860. The predicted molar refractivity (Wildman–Crippen MR) is 50.4 cm³/mol. The summed E-state index contributed by atoms with van der Waals surface area (Å²) in [6.07, 6.45) is 1.64. The van der Waals surface area contributed by atoms with Crippen LogP contribution in [0.25, 0.3) is 0 Å². The van der Waals surface area contributed by atoms with Crippen LogP contribution in [0.3, 0.4) is 0 Å². The van der Waals surface area contributed by atoms with Gasteiger partial charge in [-0.05, 0) is 24.2 Å². The van der Waals surface area contributed by atoms with Crippen LogP contribution in [0.15, 0.2) is 11.3 Å². The van der Waals surface area contributed by atoms with E-state index in [1.165, 1.54) is 0 Å². The van der Waals surface area contributed by atoms with Crippen molar-refractivity contribution in [1.82, 2.24) is 0 Å². The van der Waals surface area contributed by atoms with E-state index in [4.69, 9.17) is 0 Å². The van der Waals surface area contributed by atoms with Crippen molar-refractivity contribution in [3.8, 4) is 0 Å². The Morgan fingerprint density at radius 1 is 1.50 bits per heavy atom. The quantitative estimate of drug-likeness (QED) is 0.658. The first kappa shape index (κ1) is 9.69. The summed E-state index contributed by atoms with van der Waals surface area (Å²) in [6.45, 7) is 5.91. The van der Waals surface area contributed by atoms with Crippen LogP contribution in [0.5, 0.6) is 0 Å². The number of carbonyl (C=O) groups excluding carboxylic acids is 1. The number of rotatable bonds is 1. The van der Waals surface area contributed by atoms with Crippen molar-refractivity contribution in [2.24, 2.45) is 16.7 Å². The molecule has 2 atom stereocenters. The van der Waals surface area contributed by atoms with Gasteiger partial charge >= 0.3 is 6.04 Å². The lowest BCUT2D eigenvalue weighted by Crippen LogP contribution is -2.30. The summed E-state index contributed by atoms with van der Waals surface area (Å²) in [7, 11) is 0. The fourth-order valence-corrected chi connectivity index (χ4v) is 3.12. The maximum absolute atomic E-state index is 12.8. The highest BCUT2D eigenvalue weighted by atomic mass is 19.1. The molecule has 0 radical (unpaired) electrons. The van der Waals surface area contributed by atoms with E-state index in [9.17, 15) is 14.3 Å². The van der Waals surface area contributed by atoms with Gasteiger partial charge in [0.15, 0.2) is 0 Å². The van der Waals surface area contributed by atoms with Crippen LogP contribution in [0, 0.1) is 16.7 Å². The fraction of sp³-hybridized carbons (Fsp3) is 0.727. The summed E-state index contributed by atoms with van der Waals surface area (Å²) in [5.41, 5.74) is -0.577. The van der Waals surface area contributed by atoms with Gasteiger partial charge in [-0.1, -0.05) is 20.8 Å². The molecular formula is C11H15FO2. The summed E-state index contributed by atoms with van der Waals surface area (Å²) >= 11 is 0. The molecule has 14 heavy (non-hydrogen) atoms. The Labute approximate surface area is 82.8 Å². The zero-order valence-corrected chi connectivity index (χ0v) is 8.72. The highest BCUT2D eigenvalue weighted by Gasteiger charge is 2.62. The van der Waals surface area contributed by atoms with Crippen LogP contribution >= 0.6 is 0 Å². The molecule has 0 aliphatic heterocycles. The highest BCUT2D eigenvalue weighted by Crippen LogP contribution is 2.67. The van der Waals surface area contributed by atoms with E-state index in [0.29, 0.717) is 0 Å². The molecule has 1 fully saturated rings. The van der Waals surface area contributed by atoms with Crippen LogP contribution in [-0.4, -0.2) is 11.1 Å². The van der Waals surface area contributed by atoms with E-state index in [2.05, 4.69) is 0 Å². The molecular weight excluding hydrogens is 183 g/mol. The summed E-state index contributed by atoms with van der Waals surface area (Å²) in [5, 5.41) is 9.86. The SMILES string of the molecule is CC12CCC(C(C(=O)F)=C1O)C2(C)C. The van der Waals surface area contributed by atoms with Crippen LogP contribution < -0.4 is 0 Å². The molecule has 78 valence electrons. The van der Waals surface area contributed by atoms with Crippen LogP contribution in [-0.2, 0) is 4.79 Å². The molecule has 2 nitrogen and oxygen atoms in total.